The summed E-state index contributed by atoms with van der Waals surface area (Å²) in [7, 11) is 0. The fourth-order valence-corrected chi connectivity index (χ4v) is 4.92. The molecule has 2 N–H and O–H groups in total. The summed E-state index contributed by atoms with van der Waals surface area (Å²) >= 11 is 1.45. The Labute approximate surface area is 140 Å². The molecule has 0 aromatic carbocycles. The number of likely N-dealkylation sites (tertiary alicyclic amines) is 1. The first-order valence-electron chi connectivity index (χ1n) is 8.48. The molecule has 5 nitrogen and oxygen atoms in total. The van der Waals surface area contributed by atoms with Crippen molar-refractivity contribution < 1.29 is 14.7 Å². The summed E-state index contributed by atoms with van der Waals surface area (Å²) in [5.74, 6) is -1.02. The third kappa shape index (κ3) is 3.58. The summed E-state index contributed by atoms with van der Waals surface area (Å²) in [6, 6.07) is 0.421. The van der Waals surface area contributed by atoms with E-state index in [-0.39, 0.29) is 5.91 Å². The van der Waals surface area contributed by atoms with Gasteiger partial charge in [0.05, 0.1) is 12.1 Å². The fraction of sp³-hybridized carbons (Fsp3) is 0.647. The molecule has 1 amide bonds. The van der Waals surface area contributed by atoms with Gasteiger partial charge in [-0.1, -0.05) is 6.42 Å². The normalized spacial score (nSPS) is 21.7. The van der Waals surface area contributed by atoms with Crippen LogP contribution in [0.4, 0.5) is 5.00 Å². The number of carboxylic acids is 1. The van der Waals surface area contributed by atoms with E-state index in [1.165, 1.54) is 17.8 Å². The van der Waals surface area contributed by atoms with Crippen molar-refractivity contribution in [1.29, 1.82) is 0 Å². The lowest BCUT2D eigenvalue weighted by atomic mass is 9.95. The molecule has 1 aliphatic heterocycles. The number of piperidine rings is 1. The molecule has 0 saturated carbocycles. The highest BCUT2D eigenvalue weighted by atomic mass is 32.1. The monoisotopic (exact) mass is 336 g/mol. The zero-order valence-corrected chi connectivity index (χ0v) is 14.4. The quantitative estimate of drug-likeness (QED) is 0.886. The van der Waals surface area contributed by atoms with Crippen LogP contribution in [0, 0.1) is 0 Å². The number of carbonyl (C=O) groups excluding carboxylic acids is 1. The van der Waals surface area contributed by atoms with E-state index in [0.29, 0.717) is 23.2 Å². The highest BCUT2D eigenvalue weighted by Gasteiger charge is 2.27. The van der Waals surface area contributed by atoms with Crippen LogP contribution in [0.15, 0.2) is 0 Å². The van der Waals surface area contributed by atoms with Crippen molar-refractivity contribution in [2.45, 2.75) is 57.9 Å². The second-order valence-corrected chi connectivity index (χ2v) is 7.69. The first-order chi connectivity index (χ1) is 11.1. The SMILES string of the molecule is CC1CCCCN1CC(=O)Nc1sc2c(c1C(=O)O)CCCC2. The van der Waals surface area contributed by atoms with Crippen molar-refractivity contribution >= 4 is 28.2 Å². The minimum absolute atomic E-state index is 0.0974. The van der Waals surface area contributed by atoms with Gasteiger partial charge in [-0.3, -0.25) is 9.69 Å². The molecule has 23 heavy (non-hydrogen) atoms. The zero-order valence-electron chi connectivity index (χ0n) is 13.6. The number of anilines is 1. The molecule has 3 rings (SSSR count). The average Bonchev–Trinajstić information content (AvgIpc) is 2.87. The number of aromatic carboxylic acids is 1. The molecular weight excluding hydrogens is 312 g/mol. The van der Waals surface area contributed by atoms with Gasteiger partial charge in [0.25, 0.3) is 0 Å². The molecule has 1 aliphatic carbocycles. The fourth-order valence-electron chi connectivity index (χ4n) is 3.62. The Morgan fingerprint density at radius 3 is 2.78 bits per heavy atom. The summed E-state index contributed by atoms with van der Waals surface area (Å²) in [5.41, 5.74) is 1.26. The Balaban J connectivity index is 1.73. The lowest BCUT2D eigenvalue weighted by Gasteiger charge is -2.32. The van der Waals surface area contributed by atoms with Gasteiger partial charge < -0.3 is 10.4 Å². The number of rotatable bonds is 4. The van der Waals surface area contributed by atoms with E-state index in [0.717, 1.165) is 55.5 Å². The minimum Gasteiger partial charge on any atom is -0.478 e. The van der Waals surface area contributed by atoms with Gasteiger partial charge in [0.2, 0.25) is 5.91 Å². The van der Waals surface area contributed by atoms with E-state index in [1.807, 2.05) is 0 Å². The van der Waals surface area contributed by atoms with E-state index >= 15 is 0 Å². The molecule has 6 heteroatoms. The highest BCUT2D eigenvalue weighted by Crippen LogP contribution is 2.38. The molecule has 0 radical (unpaired) electrons. The molecule has 0 spiro atoms. The van der Waals surface area contributed by atoms with Crippen molar-refractivity contribution in [3.8, 4) is 0 Å². The van der Waals surface area contributed by atoms with Crippen LogP contribution in [-0.4, -0.2) is 41.0 Å². The van der Waals surface area contributed by atoms with E-state index < -0.39 is 5.97 Å². The van der Waals surface area contributed by atoms with E-state index in [9.17, 15) is 14.7 Å². The van der Waals surface area contributed by atoms with Crippen molar-refractivity contribution in [3.05, 3.63) is 16.0 Å². The maximum absolute atomic E-state index is 12.4. The topological polar surface area (TPSA) is 69.6 Å². The van der Waals surface area contributed by atoms with Crippen LogP contribution in [0.1, 0.15) is 59.8 Å². The summed E-state index contributed by atoms with van der Waals surface area (Å²) < 4.78 is 0. The van der Waals surface area contributed by atoms with Crippen LogP contribution in [0.5, 0.6) is 0 Å². The lowest BCUT2D eigenvalue weighted by Crippen LogP contribution is -2.42. The smallest absolute Gasteiger partial charge is 0.339 e. The van der Waals surface area contributed by atoms with Gasteiger partial charge in [0.1, 0.15) is 5.00 Å². The predicted octanol–water partition coefficient (Wildman–Crippen LogP) is 3.14. The first kappa shape index (κ1) is 16.5. The Bertz CT molecular complexity index is 611. The van der Waals surface area contributed by atoms with E-state index in [1.54, 1.807) is 0 Å². The number of aryl methyl sites for hydroxylation is 1. The van der Waals surface area contributed by atoms with Crippen LogP contribution in [-0.2, 0) is 17.6 Å². The van der Waals surface area contributed by atoms with Gasteiger partial charge in [-0.25, -0.2) is 4.79 Å². The van der Waals surface area contributed by atoms with Gasteiger partial charge >= 0.3 is 5.97 Å². The minimum atomic E-state index is -0.925. The average molecular weight is 336 g/mol. The number of nitrogens with zero attached hydrogens (tertiary/aromatic N) is 1. The van der Waals surface area contributed by atoms with Crippen LogP contribution >= 0.6 is 11.3 Å². The zero-order chi connectivity index (χ0) is 16.4. The lowest BCUT2D eigenvalue weighted by molar-refractivity contribution is -0.118. The molecule has 1 aromatic heterocycles. The number of amides is 1. The number of hydrogen-bond acceptors (Lipinski definition) is 4. The van der Waals surface area contributed by atoms with Crippen molar-refractivity contribution in [2.24, 2.45) is 0 Å². The summed E-state index contributed by atoms with van der Waals surface area (Å²) in [5, 5.41) is 12.9. The van der Waals surface area contributed by atoms with Gasteiger partial charge in [-0.05, 0) is 57.6 Å². The van der Waals surface area contributed by atoms with E-state index in [2.05, 4.69) is 17.1 Å². The third-order valence-electron chi connectivity index (χ3n) is 4.93. The van der Waals surface area contributed by atoms with E-state index in [4.69, 9.17) is 0 Å². The maximum atomic E-state index is 12.4. The second-order valence-electron chi connectivity index (χ2n) is 6.58. The van der Waals surface area contributed by atoms with Crippen molar-refractivity contribution in [3.63, 3.8) is 0 Å². The maximum Gasteiger partial charge on any atom is 0.339 e. The largest absolute Gasteiger partial charge is 0.478 e. The first-order valence-corrected chi connectivity index (χ1v) is 9.29. The van der Waals surface area contributed by atoms with Gasteiger partial charge in [-0.15, -0.1) is 11.3 Å². The highest BCUT2D eigenvalue weighted by molar-refractivity contribution is 7.17. The van der Waals surface area contributed by atoms with Gasteiger partial charge in [0.15, 0.2) is 0 Å². The van der Waals surface area contributed by atoms with Crippen LogP contribution in [0.3, 0.4) is 0 Å². The predicted molar refractivity (Wildman–Crippen MR) is 91.4 cm³/mol. The molecular formula is C17H24N2O3S. The van der Waals surface area contributed by atoms with Gasteiger partial charge in [0, 0.05) is 10.9 Å². The van der Waals surface area contributed by atoms with Crippen molar-refractivity contribution in [2.75, 3.05) is 18.4 Å². The summed E-state index contributed by atoms with van der Waals surface area (Å²) in [4.78, 5) is 27.3. The van der Waals surface area contributed by atoms with Crippen molar-refractivity contribution in [1.82, 2.24) is 4.90 Å². The number of thiophene rings is 1. The number of hydrogen-bond donors (Lipinski definition) is 2. The number of carboxylic acid groups (broad SMARTS) is 1. The molecule has 1 aromatic rings. The third-order valence-corrected chi connectivity index (χ3v) is 6.13. The number of fused-ring (bicyclic) bond motifs is 1. The molecule has 126 valence electrons. The number of carbonyl (C=O) groups is 2. The molecule has 2 heterocycles. The standard InChI is InChI=1S/C17H24N2O3S/c1-11-6-4-5-9-19(11)10-14(20)18-16-15(17(21)22)12-7-2-3-8-13(12)23-16/h11H,2-10H2,1H3,(H,18,20)(H,21,22). The Morgan fingerprint density at radius 1 is 1.26 bits per heavy atom. The Hall–Kier alpha value is -1.40. The molecule has 1 saturated heterocycles. The molecule has 1 atom stereocenters. The van der Waals surface area contributed by atoms with Crippen LogP contribution in [0.2, 0.25) is 0 Å². The molecule has 1 fully saturated rings. The Morgan fingerprint density at radius 2 is 2.04 bits per heavy atom. The second kappa shape index (κ2) is 7.01. The Kier molecular flexibility index (Phi) is 5.02. The summed E-state index contributed by atoms with van der Waals surface area (Å²) in [6.45, 7) is 3.45. The molecule has 2 aliphatic rings. The molecule has 0 bridgehead atoms. The van der Waals surface area contributed by atoms with Crippen LogP contribution < -0.4 is 5.32 Å². The number of nitrogens with one attached hydrogen (secondary N) is 1. The molecule has 1 unspecified atom stereocenters. The van der Waals surface area contributed by atoms with Gasteiger partial charge in [-0.2, -0.15) is 0 Å². The summed E-state index contributed by atoms with van der Waals surface area (Å²) in [6.07, 6.45) is 7.35. The van der Waals surface area contributed by atoms with Crippen LogP contribution in [0.25, 0.3) is 0 Å².